The number of rotatable bonds is 3. The van der Waals surface area contributed by atoms with Crippen molar-refractivity contribution in [1.82, 2.24) is 0 Å². The standard InChI is InChI=1S/C22H16F6N2O3/c23-21(24,25)12-3-1-2-11(6-12)17-18(16-8-15(31)19(17)33-16)20(32)30-14-5-10(9-29)4-13(7-14)22(26,27)28/h1-7,15-19,31H,8H2,(H,30,32). The fourth-order valence-electron chi connectivity index (χ4n) is 4.52. The molecule has 33 heavy (non-hydrogen) atoms. The number of carbonyl (C=O) groups is 1. The number of fused-ring (bicyclic) bond motifs is 2. The number of anilines is 1. The second-order valence-corrected chi connectivity index (χ2v) is 8.01. The van der Waals surface area contributed by atoms with Gasteiger partial charge in [0.25, 0.3) is 0 Å². The van der Waals surface area contributed by atoms with Crippen LogP contribution in [0.2, 0.25) is 0 Å². The molecule has 2 bridgehead atoms. The van der Waals surface area contributed by atoms with Gasteiger partial charge in [0.1, 0.15) is 0 Å². The van der Waals surface area contributed by atoms with Crippen LogP contribution in [0.15, 0.2) is 42.5 Å². The SMILES string of the molecule is N#Cc1cc(NC(=O)C2C3CC(O)C(O3)C2c2cccc(C(F)(F)F)c2)cc(C(F)(F)F)c1. The van der Waals surface area contributed by atoms with Crippen LogP contribution in [-0.4, -0.2) is 29.3 Å². The quantitative estimate of drug-likeness (QED) is 0.649. The van der Waals surface area contributed by atoms with Gasteiger partial charge in [0.15, 0.2) is 0 Å². The van der Waals surface area contributed by atoms with E-state index in [4.69, 9.17) is 10.00 Å². The smallest absolute Gasteiger partial charge is 0.390 e. The van der Waals surface area contributed by atoms with E-state index in [0.29, 0.717) is 12.1 Å². The first-order valence-corrected chi connectivity index (χ1v) is 9.82. The number of halogens is 6. The number of nitrogens with zero attached hydrogens (tertiary/aromatic N) is 1. The number of nitriles is 1. The molecule has 2 fully saturated rings. The van der Waals surface area contributed by atoms with Crippen molar-refractivity contribution in [1.29, 1.82) is 5.26 Å². The van der Waals surface area contributed by atoms with E-state index in [1.165, 1.54) is 12.1 Å². The molecule has 1 amide bonds. The highest BCUT2D eigenvalue weighted by molar-refractivity contribution is 5.94. The summed E-state index contributed by atoms with van der Waals surface area (Å²) in [6.07, 6.45) is -12.1. The van der Waals surface area contributed by atoms with Gasteiger partial charge in [0.2, 0.25) is 5.91 Å². The lowest BCUT2D eigenvalue weighted by atomic mass is 9.73. The van der Waals surface area contributed by atoms with E-state index in [-0.39, 0.29) is 23.2 Å². The highest BCUT2D eigenvalue weighted by Crippen LogP contribution is 2.50. The van der Waals surface area contributed by atoms with E-state index in [0.717, 1.165) is 18.2 Å². The summed E-state index contributed by atoms with van der Waals surface area (Å²) in [5, 5.41) is 21.6. The number of nitrogens with one attached hydrogen (secondary N) is 1. The Morgan fingerprint density at radius 1 is 1.06 bits per heavy atom. The summed E-state index contributed by atoms with van der Waals surface area (Å²) >= 11 is 0. The first-order chi connectivity index (χ1) is 15.4. The van der Waals surface area contributed by atoms with Gasteiger partial charge < -0.3 is 15.2 Å². The van der Waals surface area contributed by atoms with Crippen molar-refractivity contribution in [3.05, 3.63) is 64.7 Å². The summed E-state index contributed by atoms with van der Waals surface area (Å²) in [5.74, 6) is -2.77. The maximum Gasteiger partial charge on any atom is 0.416 e. The van der Waals surface area contributed by atoms with Crippen molar-refractivity contribution < 1.29 is 41.0 Å². The summed E-state index contributed by atoms with van der Waals surface area (Å²) in [4.78, 5) is 13.1. The Hall–Kier alpha value is -3.10. The van der Waals surface area contributed by atoms with E-state index >= 15 is 0 Å². The number of hydrogen-bond donors (Lipinski definition) is 2. The fourth-order valence-corrected chi connectivity index (χ4v) is 4.52. The van der Waals surface area contributed by atoms with Crippen LogP contribution in [0, 0.1) is 17.2 Å². The van der Waals surface area contributed by atoms with Gasteiger partial charge in [-0.2, -0.15) is 31.6 Å². The number of ether oxygens (including phenoxy) is 1. The van der Waals surface area contributed by atoms with Gasteiger partial charge in [0.05, 0.1) is 47.0 Å². The second-order valence-electron chi connectivity index (χ2n) is 8.01. The normalized spacial score (nSPS) is 26.8. The van der Waals surface area contributed by atoms with E-state index in [1.54, 1.807) is 6.07 Å². The first-order valence-electron chi connectivity index (χ1n) is 9.82. The minimum atomic E-state index is -4.76. The summed E-state index contributed by atoms with van der Waals surface area (Å²) in [5.41, 5.74) is -2.55. The number of alkyl halides is 6. The monoisotopic (exact) mass is 470 g/mol. The minimum Gasteiger partial charge on any atom is -0.390 e. The van der Waals surface area contributed by atoms with E-state index < -0.39 is 59.5 Å². The summed E-state index contributed by atoms with van der Waals surface area (Å²) < 4.78 is 84.6. The van der Waals surface area contributed by atoms with E-state index in [9.17, 15) is 36.2 Å². The number of aliphatic hydroxyl groups excluding tert-OH is 1. The number of benzene rings is 2. The van der Waals surface area contributed by atoms with Crippen LogP contribution in [0.1, 0.15) is 34.6 Å². The van der Waals surface area contributed by atoms with Crippen LogP contribution >= 0.6 is 0 Å². The van der Waals surface area contributed by atoms with E-state index in [1.807, 2.05) is 0 Å². The molecule has 2 aliphatic rings. The van der Waals surface area contributed by atoms with Gasteiger partial charge in [0, 0.05) is 18.0 Å². The minimum absolute atomic E-state index is 0.0598. The summed E-state index contributed by atoms with van der Waals surface area (Å²) in [6, 6.07) is 8.27. The molecule has 174 valence electrons. The van der Waals surface area contributed by atoms with Gasteiger partial charge in [-0.25, -0.2) is 0 Å². The zero-order valence-electron chi connectivity index (χ0n) is 16.6. The molecule has 11 heteroatoms. The molecule has 2 saturated heterocycles. The first kappa shape index (κ1) is 23.1. The number of aliphatic hydroxyl groups is 1. The Balaban J connectivity index is 1.67. The van der Waals surface area contributed by atoms with Crippen molar-refractivity contribution >= 4 is 11.6 Å². The molecule has 0 aliphatic carbocycles. The van der Waals surface area contributed by atoms with Crippen molar-refractivity contribution in [2.75, 3.05) is 5.32 Å². The number of amides is 1. The van der Waals surface area contributed by atoms with Crippen LogP contribution in [0.3, 0.4) is 0 Å². The summed E-state index contributed by atoms with van der Waals surface area (Å²) in [6.45, 7) is 0. The predicted molar refractivity (Wildman–Crippen MR) is 102 cm³/mol. The highest BCUT2D eigenvalue weighted by Gasteiger charge is 2.57. The average molecular weight is 470 g/mol. The Labute approximate surface area is 183 Å². The molecule has 2 aliphatic heterocycles. The Morgan fingerprint density at radius 3 is 2.39 bits per heavy atom. The fraction of sp³-hybridized carbons (Fsp3) is 0.364. The third-order valence-corrected chi connectivity index (χ3v) is 5.88. The molecule has 0 radical (unpaired) electrons. The van der Waals surface area contributed by atoms with Crippen molar-refractivity contribution in [2.45, 2.75) is 43.0 Å². The molecule has 4 rings (SSSR count). The third kappa shape index (κ3) is 4.41. The molecular formula is C22H16F6N2O3. The molecule has 5 atom stereocenters. The van der Waals surface area contributed by atoms with Crippen LogP contribution in [0.25, 0.3) is 0 Å². The van der Waals surface area contributed by atoms with E-state index in [2.05, 4.69) is 5.32 Å². The van der Waals surface area contributed by atoms with Gasteiger partial charge in [-0.3, -0.25) is 4.79 Å². The van der Waals surface area contributed by atoms with Crippen molar-refractivity contribution in [3.8, 4) is 6.07 Å². The lowest BCUT2D eigenvalue weighted by Gasteiger charge is -2.30. The molecule has 0 aromatic heterocycles. The predicted octanol–water partition coefficient (Wildman–Crippen LogP) is 4.47. The van der Waals surface area contributed by atoms with Gasteiger partial charge in [-0.15, -0.1) is 0 Å². The average Bonchev–Trinajstić information content (AvgIpc) is 3.29. The van der Waals surface area contributed by atoms with Gasteiger partial charge in [-0.1, -0.05) is 18.2 Å². The molecule has 2 aromatic rings. The van der Waals surface area contributed by atoms with Crippen LogP contribution in [0.5, 0.6) is 0 Å². The molecule has 0 spiro atoms. The Bertz CT molecular complexity index is 1120. The highest BCUT2D eigenvalue weighted by atomic mass is 19.4. The van der Waals surface area contributed by atoms with Crippen molar-refractivity contribution in [2.24, 2.45) is 5.92 Å². The second kappa shape index (κ2) is 8.04. The molecule has 2 aromatic carbocycles. The lowest BCUT2D eigenvalue weighted by Crippen LogP contribution is -2.41. The molecule has 5 nitrogen and oxygen atoms in total. The molecule has 5 unspecified atom stereocenters. The maximum atomic E-state index is 13.2. The largest absolute Gasteiger partial charge is 0.416 e. The molecule has 0 saturated carbocycles. The van der Waals surface area contributed by atoms with Crippen LogP contribution in [0.4, 0.5) is 32.0 Å². The number of hydrogen-bond acceptors (Lipinski definition) is 4. The number of carbonyl (C=O) groups excluding carboxylic acids is 1. The zero-order valence-corrected chi connectivity index (χ0v) is 16.6. The molecule has 2 heterocycles. The summed E-state index contributed by atoms with van der Waals surface area (Å²) in [7, 11) is 0. The molecule has 2 N–H and O–H groups in total. The Kier molecular flexibility index (Phi) is 5.62. The topological polar surface area (TPSA) is 82.4 Å². The zero-order chi connectivity index (χ0) is 24.1. The Morgan fingerprint density at radius 2 is 1.76 bits per heavy atom. The van der Waals surface area contributed by atoms with Gasteiger partial charge in [-0.05, 0) is 29.8 Å². The molecular weight excluding hydrogens is 454 g/mol. The van der Waals surface area contributed by atoms with Crippen LogP contribution in [-0.2, 0) is 21.9 Å². The van der Waals surface area contributed by atoms with Crippen LogP contribution < -0.4 is 5.32 Å². The lowest BCUT2D eigenvalue weighted by molar-refractivity contribution is -0.138. The van der Waals surface area contributed by atoms with Crippen molar-refractivity contribution in [3.63, 3.8) is 0 Å². The van der Waals surface area contributed by atoms with Gasteiger partial charge >= 0.3 is 12.4 Å². The third-order valence-electron chi connectivity index (χ3n) is 5.88. The maximum absolute atomic E-state index is 13.2.